The van der Waals surface area contributed by atoms with Gasteiger partial charge in [-0.1, -0.05) is 74.5 Å². The molecule has 2 aromatic rings. The summed E-state index contributed by atoms with van der Waals surface area (Å²) in [6, 6.07) is 20.3. The van der Waals surface area contributed by atoms with E-state index in [2.05, 4.69) is 31.3 Å². The number of carbonyl (C=O) groups excluding carboxylic acids is 1. The third-order valence-electron chi connectivity index (χ3n) is 3.75. The van der Waals surface area contributed by atoms with Crippen molar-refractivity contribution in [1.29, 1.82) is 0 Å². The summed E-state index contributed by atoms with van der Waals surface area (Å²) in [7, 11) is 1.87. The van der Waals surface area contributed by atoms with Crippen molar-refractivity contribution in [3.05, 3.63) is 71.8 Å². The van der Waals surface area contributed by atoms with Crippen LogP contribution in [0.4, 0.5) is 0 Å². The SMILES string of the molecule is CC(C)NC(Cc1ccccc1)C(=O)N(C)Cc1ccccc1. The zero-order valence-electron chi connectivity index (χ0n) is 14.2. The maximum atomic E-state index is 12.9. The van der Waals surface area contributed by atoms with Crippen LogP contribution in [0.5, 0.6) is 0 Å². The summed E-state index contributed by atoms with van der Waals surface area (Å²) in [6.07, 6.45) is 0.705. The van der Waals surface area contributed by atoms with E-state index < -0.39 is 0 Å². The molecule has 1 atom stereocenters. The molecule has 0 bridgehead atoms. The number of rotatable bonds is 7. The average molecular weight is 310 g/mol. The first-order valence-electron chi connectivity index (χ1n) is 8.15. The molecule has 3 nitrogen and oxygen atoms in total. The molecule has 0 saturated carbocycles. The van der Waals surface area contributed by atoms with E-state index in [9.17, 15) is 4.79 Å². The van der Waals surface area contributed by atoms with E-state index in [1.54, 1.807) is 4.90 Å². The molecule has 2 aromatic carbocycles. The summed E-state index contributed by atoms with van der Waals surface area (Å²) < 4.78 is 0. The van der Waals surface area contributed by atoms with Crippen molar-refractivity contribution in [2.75, 3.05) is 7.05 Å². The number of amides is 1. The van der Waals surface area contributed by atoms with Gasteiger partial charge in [0.2, 0.25) is 5.91 Å². The van der Waals surface area contributed by atoms with Gasteiger partial charge in [0.05, 0.1) is 6.04 Å². The number of carbonyl (C=O) groups is 1. The zero-order valence-corrected chi connectivity index (χ0v) is 14.2. The lowest BCUT2D eigenvalue weighted by molar-refractivity contribution is -0.132. The quantitative estimate of drug-likeness (QED) is 0.851. The van der Waals surface area contributed by atoms with E-state index in [0.29, 0.717) is 13.0 Å². The van der Waals surface area contributed by atoms with Crippen LogP contribution < -0.4 is 5.32 Å². The summed E-state index contributed by atoms with van der Waals surface area (Å²) in [5.74, 6) is 0.131. The molecule has 0 heterocycles. The first kappa shape index (κ1) is 17.2. The van der Waals surface area contributed by atoms with E-state index >= 15 is 0 Å². The molecule has 0 aliphatic rings. The lowest BCUT2D eigenvalue weighted by atomic mass is 10.0. The number of nitrogens with one attached hydrogen (secondary N) is 1. The van der Waals surface area contributed by atoms with Crippen molar-refractivity contribution in [2.24, 2.45) is 0 Å². The predicted molar refractivity (Wildman–Crippen MR) is 95.1 cm³/mol. The van der Waals surface area contributed by atoms with Crippen LogP contribution in [-0.2, 0) is 17.8 Å². The Morgan fingerprint density at radius 1 is 0.957 bits per heavy atom. The van der Waals surface area contributed by atoms with Crippen molar-refractivity contribution < 1.29 is 4.79 Å². The van der Waals surface area contributed by atoms with Crippen molar-refractivity contribution in [2.45, 2.75) is 38.9 Å². The minimum absolute atomic E-state index is 0.131. The fourth-order valence-electron chi connectivity index (χ4n) is 2.67. The Bertz CT molecular complexity index is 596. The molecule has 0 spiro atoms. The number of benzene rings is 2. The average Bonchev–Trinajstić information content (AvgIpc) is 2.55. The monoisotopic (exact) mass is 310 g/mol. The van der Waals surface area contributed by atoms with Gasteiger partial charge in [0.25, 0.3) is 0 Å². The molecular weight excluding hydrogens is 284 g/mol. The minimum Gasteiger partial charge on any atom is -0.340 e. The molecule has 0 radical (unpaired) electrons. The fraction of sp³-hybridized carbons (Fsp3) is 0.350. The summed E-state index contributed by atoms with van der Waals surface area (Å²) in [6.45, 7) is 4.77. The highest BCUT2D eigenvalue weighted by atomic mass is 16.2. The van der Waals surface area contributed by atoms with Gasteiger partial charge in [-0.05, 0) is 17.5 Å². The highest BCUT2D eigenvalue weighted by Gasteiger charge is 2.23. The smallest absolute Gasteiger partial charge is 0.240 e. The lowest BCUT2D eigenvalue weighted by Crippen LogP contribution is -2.48. The van der Waals surface area contributed by atoms with Crippen molar-refractivity contribution in [3.63, 3.8) is 0 Å². The molecule has 0 saturated heterocycles. The predicted octanol–water partition coefficient (Wildman–Crippen LogP) is 3.25. The third kappa shape index (κ3) is 5.53. The van der Waals surface area contributed by atoms with E-state index in [4.69, 9.17) is 0 Å². The van der Waals surface area contributed by atoms with Gasteiger partial charge in [0.15, 0.2) is 0 Å². The second-order valence-electron chi connectivity index (χ2n) is 6.24. The summed E-state index contributed by atoms with van der Waals surface area (Å²) in [5, 5.41) is 3.40. The zero-order chi connectivity index (χ0) is 16.7. The topological polar surface area (TPSA) is 32.3 Å². The molecule has 2 rings (SSSR count). The van der Waals surface area contributed by atoms with Crippen LogP contribution in [0.25, 0.3) is 0 Å². The van der Waals surface area contributed by atoms with E-state index in [1.807, 2.05) is 55.6 Å². The Labute approximate surface area is 139 Å². The first-order valence-corrected chi connectivity index (χ1v) is 8.15. The Morgan fingerprint density at radius 2 is 1.48 bits per heavy atom. The summed E-state index contributed by atoms with van der Waals surface area (Å²) in [5.41, 5.74) is 2.32. The van der Waals surface area contributed by atoms with Crippen LogP contribution in [0, 0.1) is 0 Å². The lowest BCUT2D eigenvalue weighted by Gasteiger charge is -2.26. The van der Waals surface area contributed by atoms with Gasteiger partial charge in [-0.15, -0.1) is 0 Å². The molecular formula is C20H26N2O. The van der Waals surface area contributed by atoms with Crippen molar-refractivity contribution >= 4 is 5.91 Å². The van der Waals surface area contributed by atoms with Crippen LogP contribution in [0.3, 0.4) is 0 Å². The molecule has 0 aliphatic heterocycles. The molecule has 0 aromatic heterocycles. The van der Waals surface area contributed by atoms with Gasteiger partial charge in [0.1, 0.15) is 0 Å². The number of likely N-dealkylation sites (N-methyl/N-ethyl adjacent to an activating group) is 1. The Kier molecular flexibility index (Phi) is 6.36. The Morgan fingerprint density at radius 3 is 2.00 bits per heavy atom. The van der Waals surface area contributed by atoms with Crippen molar-refractivity contribution in [1.82, 2.24) is 10.2 Å². The van der Waals surface area contributed by atoms with Gasteiger partial charge < -0.3 is 10.2 Å². The van der Waals surface area contributed by atoms with Crippen LogP contribution >= 0.6 is 0 Å². The van der Waals surface area contributed by atoms with Gasteiger partial charge in [0, 0.05) is 19.6 Å². The highest BCUT2D eigenvalue weighted by molar-refractivity contribution is 5.82. The molecule has 23 heavy (non-hydrogen) atoms. The van der Waals surface area contributed by atoms with Gasteiger partial charge >= 0.3 is 0 Å². The number of hydrogen-bond donors (Lipinski definition) is 1. The first-order chi connectivity index (χ1) is 11.1. The molecule has 1 N–H and O–H groups in total. The van der Waals surface area contributed by atoms with E-state index in [0.717, 1.165) is 5.56 Å². The fourth-order valence-corrected chi connectivity index (χ4v) is 2.67. The minimum atomic E-state index is -0.203. The van der Waals surface area contributed by atoms with Gasteiger partial charge in [-0.25, -0.2) is 0 Å². The molecule has 1 unspecified atom stereocenters. The van der Waals surface area contributed by atoms with Gasteiger partial charge in [-0.2, -0.15) is 0 Å². The largest absolute Gasteiger partial charge is 0.340 e. The van der Waals surface area contributed by atoms with Crippen molar-refractivity contribution in [3.8, 4) is 0 Å². The summed E-state index contributed by atoms with van der Waals surface area (Å²) >= 11 is 0. The third-order valence-corrected chi connectivity index (χ3v) is 3.75. The number of nitrogens with zero attached hydrogens (tertiary/aromatic N) is 1. The standard InChI is InChI=1S/C20H26N2O/c1-16(2)21-19(14-17-10-6-4-7-11-17)20(23)22(3)15-18-12-8-5-9-13-18/h4-13,16,19,21H,14-15H2,1-3H3. The maximum Gasteiger partial charge on any atom is 0.240 e. The highest BCUT2D eigenvalue weighted by Crippen LogP contribution is 2.09. The van der Waals surface area contributed by atoms with Crippen LogP contribution in [-0.4, -0.2) is 29.9 Å². The Balaban J connectivity index is 2.06. The molecule has 0 fully saturated rings. The van der Waals surface area contributed by atoms with Crippen LogP contribution in [0.2, 0.25) is 0 Å². The molecule has 1 amide bonds. The van der Waals surface area contributed by atoms with E-state index in [-0.39, 0.29) is 18.0 Å². The summed E-state index contributed by atoms with van der Waals surface area (Å²) in [4.78, 5) is 14.7. The second-order valence-corrected chi connectivity index (χ2v) is 6.24. The second kappa shape index (κ2) is 8.49. The number of hydrogen-bond acceptors (Lipinski definition) is 2. The van der Waals surface area contributed by atoms with Crippen LogP contribution in [0.15, 0.2) is 60.7 Å². The Hall–Kier alpha value is -2.13. The normalized spacial score (nSPS) is 12.2. The molecule has 0 aliphatic carbocycles. The molecule has 3 heteroatoms. The molecule has 122 valence electrons. The van der Waals surface area contributed by atoms with E-state index in [1.165, 1.54) is 5.56 Å². The van der Waals surface area contributed by atoms with Gasteiger partial charge in [-0.3, -0.25) is 4.79 Å². The maximum absolute atomic E-state index is 12.9. The van der Waals surface area contributed by atoms with Crippen LogP contribution in [0.1, 0.15) is 25.0 Å².